The Kier molecular flexibility index (Phi) is 4.50. The first kappa shape index (κ1) is 14.0. The number of ether oxygens (including phenoxy) is 1. The lowest BCUT2D eigenvalue weighted by Crippen LogP contribution is -2.19. The van der Waals surface area contributed by atoms with Gasteiger partial charge in [-0.1, -0.05) is 0 Å². The Hall–Kier alpha value is -1.11. The van der Waals surface area contributed by atoms with Crippen LogP contribution in [0, 0.1) is 14.9 Å². The molecule has 0 atom stereocenters. The van der Waals surface area contributed by atoms with Gasteiger partial charge in [-0.25, -0.2) is 9.37 Å². The van der Waals surface area contributed by atoms with Gasteiger partial charge in [0.1, 0.15) is 6.67 Å². The van der Waals surface area contributed by atoms with E-state index in [0.29, 0.717) is 3.57 Å². The molecule has 0 unspecified atom stereocenters. The highest BCUT2D eigenvalue weighted by molar-refractivity contribution is 14.1. The van der Waals surface area contributed by atoms with Gasteiger partial charge in [-0.3, -0.25) is 0 Å². The second-order valence-corrected chi connectivity index (χ2v) is 4.06. The van der Waals surface area contributed by atoms with Crippen LogP contribution >= 0.6 is 22.6 Å². The molecule has 0 saturated heterocycles. The largest absolute Gasteiger partial charge is 0.574 e. The molecule has 1 rings (SSSR count). The molecule has 0 aliphatic rings. The fraction of sp³-hybridized carbons (Fsp3) is 0.333. The molecule has 1 heterocycles. The number of aromatic nitrogens is 1. The molecule has 0 aliphatic carbocycles. The fourth-order valence-corrected chi connectivity index (χ4v) is 1.85. The molecule has 0 bridgehead atoms. The summed E-state index contributed by atoms with van der Waals surface area (Å²) in [7, 11) is 0. The quantitative estimate of drug-likeness (QED) is 0.615. The number of rotatable bonds is 3. The van der Waals surface area contributed by atoms with E-state index in [1.54, 1.807) is 28.7 Å². The van der Waals surface area contributed by atoms with Crippen LogP contribution in [0.2, 0.25) is 0 Å². The molecule has 0 spiro atoms. The first-order valence-electron chi connectivity index (χ1n) is 4.24. The van der Waals surface area contributed by atoms with E-state index in [4.69, 9.17) is 5.26 Å². The minimum Gasteiger partial charge on any atom is -0.387 e. The van der Waals surface area contributed by atoms with E-state index in [0.717, 1.165) is 0 Å². The number of nitriles is 1. The van der Waals surface area contributed by atoms with Crippen molar-refractivity contribution >= 4 is 22.6 Å². The van der Waals surface area contributed by atoms with Crippen molar-refractivity contribution in [3.8, 4) is 11.9 Å². The van der Waals surface area contributed by atoms with E-state index in [9.17, 15) is 17.6 Å². The van der Waals surface area contributed by atoms with E-state index < -0.39 is 18.9 Å². The van der Waals surface area contributed by atoms with Crippen molar-refractivity contribution in [1.29, 1.82) is 5.26 Å². The normalized spacial score (nSPS) is 11.1. The van der Waals surface area contributed by atoms with Crippen LogP contribution < -0.4 is 4.74 Å². The average Bonchev–Trinajstić information content (AvgIpc) is 2.20. The Balaban J connectivity index is 3.23. The zero-order valence-electron chi connectivity index (χ0n) is 8.18. The monoisotopic (exact) mass is 360 g/mol. The average molecular weight is 360 g/mol. The third-order valence-electron chi connectivity index (χ3n) is 1.69. The maximum atomic E-state index is 12.4. The molecule has 1 aromatic heterocycles. The summed E-state index contributed by atoms with van der Waals surface area (Å²) in [5.41, 5.74) is -0.169. The van der Waals surface area contributed by atoms with Gasteiger partial charge in [-0.05, 0) is 28.7 Å². The Morgan fingerprint density at radius 2 is 2.12 bits per heavy atom. The Labute approximate surface area is 108 Å². The molecular formula is C9H5F4IN2O. The fourth-order valence-electron chi connectivity index (χ4n) is 1.07. The van der Waals surface area contributed by atoms with Gasteiger partial charge in [0.2, 0.25) is 5.88 Å². The summed E-state index contributed by atoms with van der Waals surface area (Å²) in [6.07, 6.45) is -5.21. The Morgan fingerprint density at radius 3 is 2.59 bits per heavy atom. The van der Waals surface area contributed by atoms with Crippen molar-refractivity contribution in [3.63, 3.8) is 0 Å². The van der Waals surface area contributed by atoms with Crippen molar-refractivity contribution in [2.45, 2.75) is 19.5 Å². The van der Waals surface area contributed by atoms with Gasteiger partial charge in [0.05, 0.1) is 18.2 Å². The van der Waals surface area contributed by atoms with Gasteiger partial charge in [-0.2, -0.15) is 5.26 Å². The first-order chi connectivity index (χ1) is 7.87. The molecule has 0 aliphatic heterocycles. The topological polar surface area (TPSA) is 45.9 Å². The molecule has 0 N–H and O–H groups in total. The minimum atomic E-state index is -4.92. The van der Waals surface area contributed by atoms with Crippen LogP contribution in [0.4, 0.5) is 17.6 Å². The van der Waals surface area contributed by atoms with E-state index >= 15 is 0 Å². The van der Waals surface area contributed by atoms with E-state index in [-0.39, 0.29) is 17.7 Å². The van der Waals surface area contributed by atoms with E-state index in [1.165, 1.54) is 6.07 Å². The van der Waals surface area contributed by atoms with E-state index in [1.807, 2.05) is 0 Å². The Morgan fingerprint density at radius 1 is 1.47 bits per heavy atom. The summed E-state index contributed by atoms with van der Waals surface area (Å²) in [6, 6.07) is 2.98. The summed E-state index contributed by atoms with van der Waals surface area (Å²) >= 11 is 1.70. The van der Waals surface area contributed by atoms with Crippen molar-refractivity contribution in [1.82, 2.24) is 4.98 Å². The van der Waals surface area contributed by atoms with Gasteiger partial charge >= 0.3 is 6.36 Å². The third kappa shape index (κ3) is 3.99. The van der Waals surface area contributed by atoms with Crippen LogP contribution in [0.1, 0.15) is 11.3 Å². The first-order valence-corrected chi connectivity index (χ1v) is 5.32. The lowest BCUT2D eigenvalue weighted by atomic mass is 10.2. The second-order valence-electron chi connectivity index (χ2n) is 2.90. The van der Waals surface area contributed by atoms with Gasteiger partial charge in [0.15, 0.2) is 0 Å². The summed E-state index contributed by atoms with van der Waals surface area (Å²) in [4.78, 5) is 3.38. The lowest BCUT2D eigenvalue weighted by Gasteiger charge is -2.12. The molecule has 92 valence electrons. The zero-order chi connectivity index (χ0) is 13.1. The number of halogens is 5. The third-order valence-corrected chi connectivity index (χ3v) is 2.65. The number of hydrogen-bond donors (Lipinski definition) is 0. The van der Waals surface area contributed by atoms with Crippen molar-refractivity contribution in [3.05, 3.63) is 20.9 Å². The van der Waals surface area contributed by atoms with Crippen LogP contribution in [0.25, 0.3) is 0 Å². The molecule has 1 aromatic rings. The molecule has 0 aromatic carbocycles. The maximum absolute atomic E-state index is 12.4. The number of pyridine rings is 1. The summed E-state index contributed by atoms with van der Waals surface area (Å²) in [5.74, 6) is -0.765. The number of nitrogens with zero attached hydrogens (tertiary/aromatic N) is 2. The van der Waals surface area contributed by atoms with Crippen molar-refractivity contribution in [2.24, 2.45) is 0 Å². The van der Waals surface area contributed by atoms with Crippen LogP contribution in [0.5, 0.6) is 5.88 Å². The molecular weight excluding hydrogens is 355 g/mol. The minimum absolute atomic E-state index is 0.00243. The second kappa shape index (κ2) is 5.48. The lowest BCUT2D eigenvalue weighted by molar-refractivity contribution is -0.276. The molecule has 0 radical (unpaired) electrons. The van der Waals surface area contributed by atoms with Gasteiger partial charge < -0.3 is 4.74 Å². The predicted molar refractivity (Wildman–Crippen MR) is 57.8 cm³/mol. The van der Waals surface area contributed by atoms with Crippen LogP contribution in [0.15, 0.2) is 6.07 Å². The summed E-state index contributed by atoms with van der Waals surface area (Å²) < 4.78 is 52.6. The van der Waals surface area contributed by atoms with Gasteiger partial charge in [-0.15, -0.1) is 13.2 Å². The van der Waals surface area contributed by atoms with Crippen LogP contribution in [-0.2, 0) is 13.1 Å². The SMILES string of the molecule is N#CCc1c(I)cc(CF)nc1OC(F)(F)F. The summed E-state index contributed by atoms with van der Waals surface area (Å²) in [5, 5.41) is 8.50. The van der Waals surface area contributed by atoms with Crippen molar-refractivity contribution in [2.75, 3.05) is 0 Å². The standard InChI is InChI=1S/C9H5F4IN2O/c10-4-5-3-7(14)6(1-2-15)8(16-5)17-9(11,12)13/h3H,1,4H2. The van der Waals surface area contributed by atoms with E-state index in [2.05, 4.69) is 9.72 Å². The zero-order valence-corrected chi connectivity index (χ0v) is 10.3. The highest BCUT2D eigenvalue weighted by Gasteiger charge is 2.33. The molecule has 3 nitrogen and oxygen atoms in total. The van der Waals surface area contributed by atoms with Gasteiger partial charge in [0, 0.05) is 9.13 Å². The summed E-state index contributed by atoms with van der Waals surface area (Å²) in [6.45, 7) is -1.00. The molecule has 0 fully saturated rings. The van der Waals surface area contributed by atoms with Gasteiger partial charge in [0.25, 0.3) is 0 Å². The molecule has 0 saturated carbocycles. The Bertz CT molecular complexity index is 456. The number of alkyl halides is 4. The molecule has 8 heteroatoms. The molecule has 0 amide bonds. The van der Waals surface area contributed by atoms with Crippen molar-refractivity contribution < 1.29 is 22.3 Å². The maximum Gasteiger partial charge on any atom is 0.574 e. The van der Waals surface area contributed by atoms with Crippen LogP contribution in [-0.4, -0.2) is 11.3 Å². The predicted octanol–water partition coefficient (Wildman–Crippen LogP) is 3.12. The number of hydrogen-bond acceptors (Lipinski definition) is 3. The molecule has 17 heavy (non-hydrogen) atoms. The van der Waals surface area contributed by atoms with Crippen LogP contribution in [0.3, 0.4) is 0 Å². The smallest absolute Gasteiger partial charge is 0.387 e. The highest BCUT2D eigenvalue weighted by atomic mass is 127. The highest BCUT2D eigenvalue weighted by Crippen LogP contribution is 2.29.